The lowest BCUT2D eigenvalue weighted by atomic mass is 9.84. The third-order valence-electron chi connectivity index (χ3n) is 4.48. The van der Waals surface area contributed by atoms with Gasteiger partial charge in [-0.2, -0.15) is 0 Å². The van der Waals surface area contributed by atoms with Crippen LogP contribution in [0.15, 0.2) is 47.6 Å². The Morgan fingerprint density at radius 2 is 1.77 bits per heavy atom. The monoisotopic (exact) mass is 291 g/mol. The average Bonchev–Trinajstić information content (AvgIpc) is 2.62. The molecular formula is C19H21N3. The van der Waals surface area contributed by atoms with Crippen LogP contribution in [0.3, 0.4) is 0 Å². The molecule has 0 atom stereocenters. The summed E-state index contributed by atoms with van der Waals surface area (Å²) in [5.74, 6) is 0.893. The average molecular weight is 291 g/mol. The fraction of sp³-hybridized carbons (Fsp3) is 0.316. The first-order chi connectivity index (χ1) is 10.8. The van der Waals surface area contributed by atoms with E-state index in [0.717, 1.165) is 17.2 Å². The normalized spacial score (nSPS) is 15.5. The lowest BCUT2D eigenvalue weighted by molar-refractivity contribution is 0.443. The van der Waals surface area contributed by atoms with Gasteiger partial charge < -0.3 is 0 Å². The number of amidine groups is 1. The van der Waals surface area contributed by atoms with Crippen LogP contribution in [0.2, 0.25) is 0 Å². The molecule has 3 heteroatoms. The number of aliphatic imine (C=N–C) groups is 1. The van der Waals surface area contributed by atoms with E-state index in [0.29, 0.717) is 5.56 Å². The maximum atomic E-state index is 7.63. The summed E-state index contributed by atoms with van der Waals surface area (Å²) in [6.07, 6.45) is 8.43. The zero-order valence-corrected chi connectivity index (χ0v) is 12.8. The number of pyridine rings is 1. The fourth-order valence-electron chi connectivity index (χ4n) is 3.16. The van der Waals surface area contributed by atoms with Gasteiger partial charge in [0.25, 0.3) is 0 Å². The van der Waals surface area contributed by atoms with E-state index < -0.39 is 0 Å². The molecule has 1 aliphatic carbocycles. The van der Waals surface area contributed by atoms with Crippen LogP contribution in [-0.2, 0) is 0 Å². The van der Waals surface area contributed by atoms with Crippen LogP contribution in [0.25, 0.3) is 11.3 Å². The number of benzene rings is 1. The maximum absolute atomic E-state index is 7.63. The molecule has 0 unspecified atom stereocenters. The van der Waals surface area contributed by atoms with Crippen LogP contribution in [-0.4, -0.2) is 17.5 Å². The van der Waals surface area contributed by atoms with E-state index in [1.165, 1.54) is 37.7 Å². The van der Waals surface area contributed by atoms with Gasteiger partial charge in [-0.25, -0.2) is 4.99 Å². The minimum Gasteiger partial charge on any atom is -0.282 e. The van der Waals surface area contributed by atoms with E-state index in [2.05, 4.69) is 41.0 Å². The summed E-state index contributed by atoms with van der Waals surface area (Å²) in [6.45, 7) is 3.37. The largest absolute Gasteiger partial charge is 0.282 e. The molecule has 0 spiro atoms. The molecule has 112 valence electrons. The van der Waals surface area contributed by atoms with Gasteiger partial charge >= 0.3 is 0 Å². The Morgan fingerprint density at radius 3 is 2.36 bits per heavy atom. The molecule has 0 aliphatic heterocycles. The highest BCUT2D eigenvalue weighted by atomic mass is 14.8. The van der Waals surface area contributed by atoms with Gasteiger partial charge in [-0.15, -0.1) is 0 Å². The molecule has 3 rings (SSSR count). The van der Waals surface area contributed by atoms with Crippen LogP contribution in [0.1, 0.15) is 49.1 Å². The molecule has 1 aromatic carbocycles. The standard InChI is InChI=1S/C19H21N3/c1-21-19(20)17-11-12-18(22-13-17)16-9-7-15(8-10-16)14-5-3-2-4-6-14/h7-14,20H,1-6H2. The first-order valence-electron chi connectivity index (χ1n) is 7.90. The molecular weight excluding hydrogens is 270 g/mol. The quantitative estimate of drug-likeness (QED) is 0.639. The molecule has 1 aromatic heterocycles. The minimum atomic E-state index is 0.159. The molecule has 1 saturated carbocycles. The first-order valence-corrected chi connectivity index (χ1v) is 7.90. The molecule has 0 amide bonds. The molecule has 1 aliphatic rings. The van der Waals surface area contributed by atoms with Gasteiger partial charge in [0.2, 0.25) is 0 Å². The van der Waals surface area contributed by atoms with Gasteiger partial charge in [-0.3, -0.25) is 10.4 Å². The van der Waals surface area contributed by atoms with Crippen molar-refractivity contribution in [2.24, 2.45) is 4.99 Å². The Kier molecular flexibility index (Phi) is 4.42. The van der Waals surface area contributed by atoms with Gasteiger partial charge in [0, 0.05) is 17.3 Å². The van der Waals surface area contributed by atoms with E-state index in [1.54, 1.807) is 6.20 Å². The number of rotatable bonds is 3. The van der Waals surface area contributed by atoms with Crippen molar-refractivity contribution in [3.8, 4) is 11.3 Å². The molecule has 22 heavy (non-hydrogen) atoms. The van der Waals surface area contributed by atoms with Gasteiger partial charge in [0.15, 0.2) is 5.84 Å². The van der Waals surface area contributed by atoms with Gasteiger partial charge in [-0.05, 0) is 43.2 Å². The zero-order chi connectivity index (χ0) is 15.4. The van der Waals surface area contributed by atoms with Gasteiger partial charge in [0.05, 0.1) is 5.69 Å². The van der Waals surface area contributed by atoms with Crippen molar-refractivity contribution in [2.45, 2.75) is 38.0 Å². The second-order valence-electron chi connectivity index (χ2n) is 5.90. The lowest BCUT2D eigenvalue weighted by Gasteiger charge is -2.22. The number of nitrogens with one attached hydrogen (secondary N) is 1. The molecule has 0 radical (unpaired) electrons. The highest BCUT2D eigenvalue weighted by Gasteiger charge is 2.15. The molecule has 3 nitrogen and oxygen atoms in total. The third kappa shape index (κ3) is 3.14. The molecule has 1 N–H and O–H groups in total. The number of aromatic nitrogens is 1. The molecule has 2 aromatic rings. The van der Waals surface area contributed by atoms with Crippen molar-refractivity contribution < 1.29 is 0 Å². The molecule has 1 fully saturated rings. The van der Waals surface area contributed by atoms with E-state index in [1.807, 2.05) is 12.1 Å². The van der Waals surface area contributed by atoms with Crippen LogP contribution in [0, 0.1) is 5.41 Å². The lowest BCUT2D eigenvalue weighted by Crippen LogP contribution is -2.04. The summed E-state index contributed by atoms with van der Waals surface area (Å²) in [6, 6.07) is 12.6. The molecule has 0 bridgehead atoms. The number of nitrogens with zero attached hydrogens (tertiary/aromatic N) is 2. The second kappa shape index (κ2) is 6.65. The summed E-state index contributed by atoms with van der Waals surface area (Å²) in [5, 5.41) is 7.63. The highest BCUT2D eigenvalue weighted by molar-refractivity contribution is 5.98. The Hall–Kier alpha value is -2.29. The minimum absolute atomic E-state index is 0.159. The maximum Gasteiger partial charge on any atom is 0.152 e. The Bertz CT molecular complexity index is 650. The SMILES string of the molecule is C=NC(=N)c1ccc(-c2ccc(C3CCCCC3)cc2)nc1. The summed E-state index contributed by atoms with van der Waals surface area (Å²) >= 11 is 0. The van der Waals surface area contributed by atoms with Crippen molar-refractivity contribution in [3.05, 3.63) is 53.7 Å². The number of hydrogen-bond acceptors (Lipinski definition) is 2. The molecule has 1 heterocycles. The first kappa shape index (κ1) is 14.6. The Morgan fingerprint density at radius 1 is 1.05 bits per heavy atom. The zero-order valence-electron chi connectivity index (χ0n) is 12.8. The van der Waals surface area contributed by atoms with E-state index in [-0.39, 0.29) is 5.84 Å². The smallest absolute Gasteiger partial charge is 0.152 e. The van der Waals surface area contributed by atoms with Crippen molar-refractivity contribution in [1.29, 1.82) is 5.41 Å². The Labute approximate surface area is 131 Å². The summed E-state index contributed by atoms with van der Waals surface area (Å²) in [5.41, 5.74) is 4.19. The third-order valence-corrected chi connectivity index (χ3v) is 4.48. The highest BCUT2D eigenvalue weighted by Crippen LogP contribution is 2.33. The van der Waals surface area contributed by atoms with Crippen LogP contribution in [0.4, 0.5) is 0 Å². The van der Waals surface area contributed by atoms with E-state index in [9.17, 15) is 0 Å². The fourth-order valence-corrected chi connectivity index (χ4v) is 3.16. The van der Waals surface area contributed by atoms with Gasteiger partial charge in [-0.1, -0.05) is 43.5 Å². The summed E-state index contributed by atoms with van der Waals surface area (Å²) < 4.78 is 0. The summed E-state index contributed by atoms with van der Waals surface area (Å²) in [4.78, 5) is 8.05. The van der Waals surface area contributed by atoms with Crippen molar-refractivity contribution in [1.82, 2.24) is 4.98 Å². The van der Waals surface area contributed by atoms with E-state index >= 15 is 0 Å². The number of hydrogen-bond donors (Lipinski definition) is 1. The second-order valence-corrected chi connectivity index (χ2v) is 5.90. The predicted octanol–water partition coefficient (Wildman–Crippen LogP) is 4.82. The van der Waals surface area contributed by atoms with Crippen molar-refractivity contribution in [3.63, 3.8) is 0 Å². The van der Waals surface area contributed by atoms with E-state index in [4.69, 9.17) is 5.41 Å². The molecule has 0 saturated heterocycles. The van der Waals surface area contributed by atoms with Crippen LogP contribution < -0.4 is 0 Å². The Balaban J connectivity index is 1.77. The topological polar surface area (TPSA) is 49.1 Å². The van der Waals surface area contributed by atoms with Crippen molar-refractivity contribution >= 4 is 12.6 Å². The van der Waals surface area contributed by atoms with Gasteiger partial charge in [0.1, 0.15) is 0 Å². The van der Waals surface area contributed by atoms with Crippen molar-refractivity contribution in [2.75, 3.05) is 0 Å². The predicted molar refractivity (Wildman–Crippen MR) is 91.9 cm³/mol. The summed E-state index contributed by atoms with van der Waals surface area (Å²) in [7, 11) is 0. The van der Waals surface area contributed by atoms with Crippen LogP contribution in [0.5, 0.6) is 0 Å². The van der Waals surface area contributed by atoms with Crippen LogP contribution >= 0.6 is 0 Å².